The summed E-state index contributed by atoms with van der Waals surface area (Å²) in [6.07, 6.45) is 1.88. The number of hydrogen-bond acceptors (Lipinski definition) is 10. The number of para-hydroxylation sites is 2. The van der Waals surface area contributed by atoms with Crippen molar-refractivity contribution < 1.29 is 9.47 Å². The van der Waals surface area contributed by atoms with Crippen molar-refractivity contribution in [3.63, 3.8) is 0 Å². The Morgan fingerprint density at radius 2 is 0.953 bits per heavy atom. The van der Waals surface area contributed by atoms with Crippen LogP contribution in [0.5, 0.6) is 11.5 Å². The van der Waals surface area contributed by atoms with Gasteiger partial charge in [0.25, 0.3) is 0 Å². The molecule has 0 bridgehead atoms. The van der Waals surface area contributed by atoms with Gasteiger partial charge in [-0.25, -0.2) is 9.97 Å². The number of nitrogens with zero attached hydrogens (tertiary/aromatic N) is 8. The van der Waals surface area contributed by atoms with E-state index in [9.17, 15) is 0 Å². The summed E-state index contributed by atoms with van der Waals surface area (Å²) in [5.74, 6) is 3.66. The molecule has 64 heavy (non-hydrogen) atoms. The van der Waals surface area contributed by atoms with Crippen molar-refractivity contribution in [3.8, 4) is 34.3 Å². The highest BCUT2D eigenvalue weighted by molar-refractivity contribution is 5.79. The number of nitrogens with one attached hydrogen (secondary N) is 2. The van der Waals surface area contributed by atoms with Crippen molar-refractivity contribution in [2.75, 3.05) is 0 Å². The first-order chi connectivity index (χ1) is 31.5. The van der Waals surface area contributed by atoms with Gasteiger partial charge >= 0.3 is 0 Å². The maximum Gasteiger partial charge on any atom is 0.204 e. The Labute approximate surface area is 370 Å². The number of hydrogen-bond donors (Lipinski definition) is 2. The van der Waals surface area contributed by atoms with E-state index in [1.54, 1.807) is 0 Å². The normalized spacial score (nSPS) is 12.0. The van der Waals surface area contributed by atoms with Gasteiger partial charge in [-0.3, -0.25) is 0 Å². The highest BCUT2D eigenvalue weighted by Gasteiger charge is 2.12. The third kappa shape index (κ3) is 10.5. The largest absolute Gasteiger partial charge is 0.487 e. The number of rotatable bonds is 14. The Bertz CT molecular complexity index is 3030. The van der Waals surface area contributed by atoms with E-state index in [0.29, 0.717) is 36.7 Å². The van der Waals surface area contributed by atoms with E-state index in [4.69, 9.17) is 9.47 Å². The molecule has 2 unspecified atom stereocenters. The number of tetrazole rings is 2. The zero-order valence-corrected chi connectivity index (χ0v) is 35.5. The molecule has 0 aliphatic heterocycles. The van der Waals surface area contributed by atoms with Crippen LogP contribution in [-0.2, 0) is 26.1 Å². The molecule has 10 aromatic rings. The average Bonchev–Trinajstić information content (AvgIpc) is 4.11. The fourth-order valence-electron chi connectivity index (χ4n) is 7.59. The Morgan fingerprint density at radius 1 is 0.453 bits per heavy atom. The molecular formula is C52H46N10O2. The smallest absolute Gasteiger partial charge is 0.204 e. The molecule has 12 heteroatoms. The second-order valence-corrected chi connectivity index (χ2v) is 15.8. The first-order valence-electron chi connectivity index (χ1n) is 21.3. The van der Waals surface area contributed by atoms with Gasteiger partial charge < -0.3 is 9.47 Å². The molecule has 0 radical (unpaired) electrons. The van der Waals surface area contributed by atoms with Crippen LogP contribution >= 0.6 is 0 Å². The SMILES string of the molecule is CC(Cc1ccc(-c2nn[nH]n2)cc1)c1ccc(OCc2ccc3ccccc3n2)cc1.CC(Cc1ccc(OCc2ccc3ccccc3n2)cc1)c1cccc(-c2nn[nH]n2)c1. The Morgan fingerprint density at radius 3 is 1.50 bits per heavy atom. The predicted molar refractivity (Wildman–Crippen MR) is 248 cm³/mol. The van der Waals surface area contributed by atoms with Crippen molar-refractivity contribution in [2.45, 2.75) is 51.7 Å². The monoisotopic (exact) mass is 842 g/mol. The van der Waals surface area contributed by atoms with Crippen LogP contribution in [0.15, 0.2) is 170 Å². The molecule has 6 aromatic carbocycles. The second-order valence-electron chi connectivity index (χ2n) is 15.8. The van der Waals surface area contributed by atoms with E-state index in [1.165, 1.54) is 22.3 Å². The zero-order chi connectivity index (χ0) is 43.5. The van der Waals surface area contributed by atoms with E-state index in [-0.39, 0.29) is 0 Å². The number of aromatic nitrogens is 10. The molecule has 0 amide bonds. The molecule has 12 nitrogen and oxygen atoms in total. The number of pyridine rings is 2. The van der Waals surface area contributed by atoms with Gasteiger partial charge in [0.15, 0.2) is 0 Å². The van der Waals surface area contributed by atoms with Gasteiger partial charge in [0.05, 0.1) is 22.4 Å². The predicted octanol–water partition coefficient (Wildman–Crippen LogP) is 10.7. The van der Waals surface area contributed by atoms with E-state index in [2.05, 4.69) is 138 Å². The first kappa shape index (κ1) is 41.2. The van der Waals surface area contributed by atoms with E-state index < -0.39 is 0 Å². The number of ether oxygens (including phenoxy) is 2. The summed E-state index contributed by atoms with van der Waals surface area (Å²) in [7, 11) is 0. The van der Waals surface area contributed by atoms with Crippen molar-refractivity contribution in [1.29, 1.82) is 0 Å². The van der Waals surface area contributed by atoms with Crippen molar-refractivity contribution in [3.05, 3.63) is 203 Å². The van der Waals surface area contributed by atoms with Crippen LogP contribution in [0.1, 0.15) is 59.3 Å². The summed E-state index contributed by atoms with van der Waals surface area (Å²) < 4.78 is 11.9. The molecule has 10 rings (SSSR count). The van der Waals surface area contributed by atoms with Crippen LogP contribution < -0.4 is 9.47 Å². The maximum atomic E-state index is 5.96. The second kappa shape index (κ2) is 19.7. The van der Waals surface area contributed by atoms with Gasteiger partial charge in [0, 0.05) is 21.9 Å². The summed E-state index contributed by atoms with van der Waals surface area (Å²) in [4.78, 5) is 9.33. The molecule has 0 saturated carbocycles. The number of fused-ring (bicyclic) bond motifs is 2. The van der Waals surface area contributed by atoms with Gasteiger partial charge in [-0.15, -0.1) is 20.4 Å². The first-order valence-corrected chi connectivity index (χ1v) is 21.3. The summed E-state index contributed by atoms with van der Waals surface area (Å²) in [6.45, 7) is 5.36. The van der Waals surface area contributed by atoms with Gasteiger partial charge in [0.2, 0.25) is 11.6 Å². The summed E-state index contributed by atoms with van der Waals surface area (Å²) in [5, 5.41) is 30.7. The maximum absolute atomic E-state index is 5.96. The molecule has 0 fully saturated rings. The van der Waals surface area contributed by atoms with Gasteiger partial charge in [0.1, 0.15) is 24.7 Å². The molecule has 0 aliphatic rings. The van der Waals surface area contributed by atoms with Crippen LogP contribution in [0.2, 0.25) is 0 Å². The molecule has 4 aromatic heterocycles. The van der Waals surface area contributed by atoms with Crippen molar-refractivity contribution >= 4 is 21.8 Å². The number of benzene rings is 6. The topological polar surface area (TPSA) is 153 Å². The lowest BCUT2D eigenvalue weighted by molar-refractivity contribution is 0.301. The van der Waals surface area contributed by atoms with Crippen molar-refractivity contribution in [1.82, 2.24) is 51.2 Å². The Hall–Kier alpha value is -8.12. The lowest BCUT2D eigenvalue weighted by Gasteiger charge is -2.13. The molecule has 316 valence electrons. The molecule has 2 N–H and O–H groups in total. The minimum absolute atomic E-state index is 0.357. The summed E-state index contributed by atoms with van der Waals surface area (Å²) in [5.41, 5.74) is 10.8. The zero-order valence-electron chi connectivity index (χ0n) is 35.5. The average molecular weight is 843 g/mol. The minimum atomic E-state index is 0.357. The third-order valence-electron chi connectivity index (χ3n) is 11.2. The number of H-pyrrole nitrogens is 2. The van der Waals surface area contributed by atoms with E-state index >= 15 is 0 Å². The number of aromatic amines is 2. The van der Waals surface area contributed by atoms with Crippen LogP contribution in [0, 0.1) is 0 Å². The molecule has 4 heterocycles. The Kier molecular flexibility index (Phi) is 12.7. The summed E-state index contributed by atoms with van der Waals surface area (Å²) in [6, 6.07) is 57.7. The molecule has 0 aliphatic carbocycles. The van der Waals surface area contributed by atoms with Gasteiger partial charge in [-0.1, -0.05) is 129 Å². The van der Waals surface area contributed by atoms with Crippen molar-refractivity contribution in [2.24, 2.45) is 0 Å². The highest BCUT2D eigenvalue weighted by atomic mass is 16.5. The van der Waals surface area contributed by atoms with Crippen LogP contribution in [-0.4, -0.2) is 51.2 Å². The Balaban J connectivity index is 0.000000162. The van der Waals surface area contributed by atoms with Gasteiger partial charge in [-0.05, 0) is 112 Å². The quantitative estimate of drug-likeness (QED) is 0.108. The van der Waals surface area contributed by atoms with Crippen LogP contribution in [0.3, 0.4) is 0 Å². The standard InChI is InChI=1S/2C26H23N5O/c1-18(21-6-4-7-22(16-21)26-28-30-31-29-26)15-19-9-13-24(14-10-19)32-17-23-12-11-20-5-2-3-8-25(20)27-23;1-18(16-19-6-8-22(9-7-19)26-28-30-31-29-26)20-11-14-24(15-12-20)32-17-23-13-10-21-4-2-3-5-25(21)27-23/h2-14,16,18H,15,17H2,1H3,(H,28,29,30,31);2-15,18H,16-17H2,1H3,(H,28,29,30,31). The lowest BCUT2D eigenvalue weighted by Crippen LogP contribution is -2.00. The molecule has 0 spiro atoms. The summed E-state index contributed by atoms with van der Waals surface area (Å²) >= 11 is 0. The van der Waals surface area contributed by atoms with Crippen LogP contribution in [0.4, 0.5) is 0 Å². The molecule has 0 saturated heterocycles. The highest BCUT2D eigenvalue weighted by Crippen LogP contribution is 2.27. The molecule has 2 atom stereocenters. The lowest BCUT2D eigenvalue weighted by atomic mass is 9.92. The molecular weight excluding hydrogens is 797 g/mol. The third-order valence-corrected chi connectivity index (χ3v) is 11.2. The van der Waals surface area contributed by atoms with Crippen LogP contribution in [0.25, 0.3) is 44.6 Å². The van der Waals surface area contributed by atoms with E-state index in [0.717, 1.165) is 68.7 Å². The van der Waals surface area contributed by atoms with Gasteiger partial charge in [-0.2, -0.15) is 10.4 Å². The fraction of sp³-hybridized carbons (Fsp3) is 0.154. The minimum Gasteiger partial charge on any atom is -0.487 e. The fourth-order valence-corrected chi connectivity index (χ4v) is 7.59. The van der Waals surface area contributed by atoms with E-state index in [1.807, 2.05) is 97.1 Å².